The number of hydrogen-bond donors (Lipinski definition) is 0. The second kappa shape index (κ2) is 14.7. The monoisotopic (exact) mass is 694 g/mol. The Morgan fingerprint density at radius 3 is 2.29 bits per heavy atom. The van der Waals surface area contributed by atoms with Crippen LogP contribution in [0.2, 0.25) is 0 Å². The number of benzene rings is 4. The second-order valence-corrected chi connectivity index (χ2v) is 13.5. The highest BCUT2D eigenvalue weighted by atomic mass is 32.2. The molecule has 1 unspecified atom stereocenters. The Morgan fingerprint density at radius 1 is 0.857 bits per heavy atom. The zero-order valence-electron chi connectivity index (χ0n) is 27.0. The average Bonchev–Trinajstić information content (AvgIpc) is 3.10. The van der Waals surface area contributed by atoms with E-state index in [4.69, 9.17) is 9.47 Å². The van der Waals surface area contributed by atoms with Gasteiger partial charge in [0.2, 0.25) is 0 Å². The number of para-hydroxylation sites is 1. The van der Waals surface area contributed by atoms with Crippen molar-refractivity contribution in [3.63, 3.8) is 0 Å². The molecule has 1 saturated heterocycles. The van der Waals surface area contributed by atoms with Crippen molar-refractivity contribution in [2.45, 2.75) is 34.9 Å². The van der Waals surface area contributed by atoms with Crippen LogP contribution in [0, 0.1) is 10.1 Å². The number of nitrogens with zero attached hydrogens (tertiary/aromatic N) is 4. The fourth-order valence-electron chi connectivity index (χ4n) is 6.08. The summed E-state index contributed by atoms with van der Waals surface area (Å²) in [5.74, 6) is -0.491. The first kappa shape index (κ1) is 34.5. The summed E-state index contributed by atoms with van der Waals surface area (Å²) in [6.07, 6.45) is -3.66. The molecule has 6 rings (SSSR count). The van der Waals surface area contributed by atoms with Gasteiger partial charge in [-0.1, -0.05) is 60.3 Å². The molecule has 1 fully saturated rings. The van der Waals surface area contributed by atoms with E-state index >= 15 is 0 Å². The van der Waals surface area contributed by atoms with Crippen molar-refractivity contribution >= 4 is 39.9 Å². The lowest BCUT2D eigenvalue weighted by Gasteiger charge is -2.36. The van der Waals surface area contributed by atoms with Crippen LogP contribution in [0.15, 0.2) is 94.7 Å². The third kappa shape index (κ3) is 7.79. The van der Waals surface area contributed by atoms with E-state index in [1.54, 1.807) is 18.2 Å². The zero-order chi connectivity index (χ0) is 34.6. The summed E-state index contributed by atoms with van der Waals surface area (Å²) in [5.41, 5.74) is -1.24. The van der Waals surface area contributed by atoms with Crippen molar-refractivity contribution < 1.29 is 32.4 Å². The fraction of sp³-hybridized carbons (Fsp3) is 0.361. The number of alkyl halides is 3. The van der Waals surface area contributed by atoms with E-state index in [0.717, 1.165) is 71.5 Å². The van der Waals surface area contributed by atoms with Gasteiger partial charge in [-0.25, -0.2) is 4.79 Å². The first-order valence-corrected chi connectivity index (χ1v) is 17.0. The molecular weight excluding hydrogens is 657 g/mol. The molecule has 4 aromatic rings. The maximum absolute atomic E-state index is 13.5. The molecule has 0 aliphatic carbocycles. The summed E-state index contributed by atoms with van der Waals surface area (Å²) in [5, 5.41) is 13.7. The molecule has 0 radical (unpaired) electrons. The molecule has 49 heavy (non-hydrogen) atoms. The standard InChI is InChI=1S/C36H37F3N4O5S/c1-35(43(45)46,25-48-31-12-6-9-26-8-2-3-10-28(26)31)34(44)47-23-22-41-20-18-40(19-21-41)16-7-17-42-29-11-4-5-13-32(29)49-33-15-14-27(24-30(33)42)36(37,38)39/h2-6,8-15,24H,7,16-23,25H2,1H3. The van der Waals surface area contributed by atoms with Crippen molar-refractivity contribution in [1.82, 2.24) is 9.80 Å². The van der Waals surface area contributed by atoms with Crippen LogP contribution in [0.4, 0.5) is 24.5 Å². The lowest BCUT2D eigenvalue weighted by atomic mass is 10.1. The van der Waals surface area contributed by atoms with Gasteiger partial charge in [-0.2, -0.15) is 13.2 Å². The van der Waals surface area contributed by atoms with Gasteiger partial charge in [-0.15, -0.1) is 0 Å². The first-order valence-electron chi connectivity index (χ1n) is 16.2. The van der Waals surface area contributed by atoms with Crippen molar-refractivity contribution in [3.8, 4) is 5.75 Å². The van der Waals surface area contributed by atoms with Gasteiger partial charge in [-0.3, -0.25) is 15.0 Å². The predicted molar refractivity (Wildman–Crippen MR) is 182 cm³/mol. The van der Waals surface area contributed by atoms with Crippen LogP contribution in [0.1, 0.15) is 18.9 Å². The largest absolute Gasteiger partial charge is 0.485 e. The number of halogens is 3. The van der Waals surface area contributed by atoms with E-state index in [-0.39, 0.29) is 6.61 Å². The Hall–Kier alpha value is -4.33. The summed E-state index contributed by atoms with van der Waals surface area (Å²) in [4.78, 5) is 32.5. The highest BCUT2D eigenvalue weighted by Gasteiger charge is 2.49. The fourth-order valence-corrected chi connectivity index (χ4v) is 7.16. The topological polar surface area (TPSA) is 88.4 Å². The van der Waals surface area contributed by atoms with Gasteiger partial charge in [0.25, 0.3) is 0 Å². The molecule has 2 aliphatic rings. The van der Waals surface area contributed by atoms with Crippen molar-refractivity contribution in [2.24, 2.45) is 0 Å². The van der Waals surface area contributed by atoms with Gasteiger partial charge in [0, 0.05) is 66.3 Å². The molecule has 13 heteroatoms. The number of nitro groups is 1. The molecular formula is C36H37F3N4O5S. The summed E-state index contributed by atoms with van der Waals surface area (Å²) >= 11 is 1.48. The van der Waals surface area contributed by atoms with Crippen molar-refractivity contribution in [3.05, 3.63) is 101 Å². The molecule has 0 bridgehead atoms. The molecule has 2 aliphatic heterocycles. The lowest BCUT2D eigenvalue weighted by Crippen LogP contribution is -2.51. The molecule has 0 saturated carbocycles. The van der Waals surface area contributed by atoms with Crippen LogP contribution in [0.5, 0.6) is 5.75 Å². The Labute approximate surface area is 286 Å². The summed E-state index contributed by atoms with van der Waals surface area (Å²) in [7, 11) is 0. The van der Waals surface area contributed by atoms with Gasteiger partial charge in [0.1, 0.15) is 12.4 Å². The maximum Gasteiger partial charge on any atom is 0.416 e. The SMILES string of the molecule is CC(COc1cccc2ccccc12)(C(=O)OCCN1CCN(CCCN2c3ccccc3Sc3ccc(C(F)(F)F)cc32)CC1)[N+](=O)[O-]. The molecule has 258 valence electrons. The lowest BCUT2D eigenvalue weighted by molar-refractivity contribution is -0.553. The van der Waals surface area contributed by atoms with Gasteiger partial charge < -0.3 is 19.3 Å². The van der Waals surface area contributed by atoms with Crippen molar-refractivity contribution in [1.29, 1.82) is 0 Å². The summed E-state index contributed by atoms with van der Waals surface area (Å²) in [6, 6.07) is 24.6. The number of esters is 1. The number of anilines is 2. The molecule has 0 aromatic heterocycles. The smallest absolute Gasteiger partial charge is 0.416 e. The van der Waals surface area contributed by atoms with Crippen LogP contribution in [0.25, 0.3) is 10.8 Å². The number of carbonyl (C=O) groups is 1. The van der Waals surface area contributed by atoms with E-state index in [0.29, 0.717) is 24.5 Å². The van der Waals surface area contributed by atoms with E-state index in [1.165, 1.54) is 24.8 Å². The molecule has 1 atom stereocenters. The van der Waals surface area contributed by atoms with Crippen LogP contribution in [0.3, 0.4) is 0 Å². The minimum absolute atomic E-state index is 0.0161. The van der Waals surface area contributed by atoms with Gasteiger partial charge >= 0.3 is 17.7 Å². The molecule has 9 nitrogen and oxygen atoms in total. The molecule has 4 aromatic carbocycles. The quantitative estimate of drug-likeness (QED) is 0.0874. The maximum atomic E-state index is 13.5. The highest BCUT2D eigenvalue weighted by Crippen LogP contribution is 2.49. The number of rotatable bonds is 12. The van der Waals surface area contributed by atoms with Crippen molar-refractivity contribution in [2.75, 3.05) is 63.9 Å². The Balaban J connectivity index is 0.966. The summed E-state index contributed by atoms with van der Waals surface area (Å²) in [6.45, 7) is 5.57. The van der Waals surface area contributed by atoms with Gasteiger partial charge in [0.05, 0.1) is 16.9 Å². The highest BCUT2D eigenvalue weighted by molar-refractivity contribution is 7.99. The molecule has 0 N–H and O–H groups in total. The van der Waals surface area contributed by atoms with Gasteiger partial charge in [-0.05, 0) is 54.8 Å². The first-order chi connectivity index (χ1) is 23.5. The Morgan fingerprint density at radius 2 is 1.53 bits per heavy atom. The second-order valence-electron chi connectivity index (χ2n) is 12.4. The molecule has 0 spiro atoms. The number of hydrogen-bond acceptors (Lipinski definition) is 9. The van der Waals surface area contributed by atoms with E-state index < -0.39 is 34.8 Å². The van der Waals surface area contributed by atoms with E-state index in [9.17, 15) is 28.1 Å². The summed E-state index contributed by atoms with van der Waals surface area (Å²) < 4.78 is 51.8. The van der Waals surface area contributed by atoms with Crippen LogP contribution < -0.4 is 9.64 Å². The molecule has 2 heterocycles. The third-order valence-electron chi connectivity index (χ3n) is 9.02. The third-order valence-corrected chi connectivity index (χ3v) is 10.1. The normalized spacial score (nSPS) is 16.4. The van der Waals surface area contributed by atoms with E-state index in [1.807, 2.05) is 59.5 Å². The Kier molecular flexibility index (Phi) is 10.3. The minimum atomic E-state index is -4.42. The zero-order valence-corrected chi connectivity index (χ0v) is 27.8. The minimum Gasteiger partial charge on any atom is -0.485 e. The molecule has 0 amide bonds. The van der Waals surface area contributed by atoms with Crippen LogP contribution >= 0.6 is 11.8 Å². The predicted octanol–water partition coefficient (Wildman–Crippen LogP) is 7.13. The van der Waals surface area contributed by atoms with E-state index in [2.05, 4.69) is 9.80 Å². The number of fused-ring (bicyclic) bond motifs is 3. The number of piperazine rings is 1. The van der Waals surface area contributed by atoms with Crippen LogP contribution in [-0.4, -0.2) is 85.3 Å². The number of ether oxygens (including phenoxy) is 2. The van der Waals surface area contributed by atoms with Gasteiger partial charge in [0.15, 0.2) is 6.61 Å². The van der Waals surface area contributed by atoms with Crippen LogP contribution in [-0.2, 0) is 15.7 Å². The Bertz CT molecular complexity index is 1810. The average molecular weight is 695 g/mol. The number of carbonyl (C=O) groups excluding carboxylic acids is 1.